The zero-order valence-electron chi connectivity index (χ0n) is 38.5. The number of nitrogens with zero attached hydrogens (tertiary/aromatic N) is 1. The third-order valence-electron chi connectivity index (χ3n) is 14.5. The van der Waals surface area contributed by atoms with Crippen molar-refractivity contribution < 1.29 is 4.42 Å². The largest absolute Gasteiger partial charge is 0.456 e. The van der Waals surface area contributed by atoms with E-state index in [2.05, 4.69) is 255 Å². The van der Waals surface area contributed by atoms with Crippen molar-refractivity contribution in [3.05, 3.63) is 260 Å². The molecule has 0 spiro atoms. The highest BCUT2D eigenvalue weighted by Gasteiger charge is 2.36. The first-order chi connectivity index (χ1) is 33.9. The fourth-order valence-corrected chi connectivity index (χ4v) is 10.7. The first kappa shape index (κ1) is 40.5. The quantitative estimate of drug-likeness (QED) is 0.151. The van der Waals surface area contributed by atoms with Gasteiger partial charge in [0.25, 0.3) is 0 Å². The summed E-state index contributed by atoms with van der Waals surface area (Å²) in [5.74, 6) is 0. The second kappa shape index (κ2) is 16.3. The summed E-state index contributed by atoms with van der Waals surface area (Å²) in [6.07, 6.45) is 0. The Morgan fingerprint density at radius 3 is 1.46 bits per heavy atom. The van der Waals surface area contributed by atoms with E-state index in [1.165, 1.54) is 83.1 Å². The fraction of sp³-hybridized carbons (Fsp3) is 0.0448. The third kappa shape index (κ3) is 7.12. The molecule has 13 rings (SSSR count). The summed E-state index contributed by atoms with van der Waals surface area (Å²) >= 11 is 0. The van der Waals surface area contributed by atoms with E-state index in [-0.39, 0.29) is 5.41 Å². The molecule has 0 radical (unpaired) electrons. The molecule has 69 heavy (non-hydrogen) atoms. The van der Waals surface area contributed by atoms with Gasteiger partial charge in [0.1, 0.15) is 11.2 Å². The number of furan rings is 1. The average molecular weight is 882 g/mol. The van der Waals surface area contributed by atoms with E-state index in [1.54, 1.807) is 0 Å². The number of rotatable bonds is 8. The average Bonchev–Trinajstić information content (AvgIpc) is 3.90. The van der Waals surface area contributed by atoms with Gasteiger partial charge in [0.2, 0.25) is 0 Å². The summed E-state index contributed by atoms with van der Waals surface area (Å²) in [6.45, 7) is 4.76. The van der Waals surface area contributed by atoms with Crippen LogP contribution in [0.5, 0.6) is 0 Å². The highest BCUT2D eigenvalue weighted by atomic mass is 16.3. The SMILES string of the molecule is CC1(C)c2cc(-c3ccc4ccccc4c3)ccc2-c2ccc(N(c3ccc(-c4ccc(-c5ccccc5)cc4)cc3)c3ccc(-c4cccc(-c5ccc6oc7ccccc7c6c5)c4)cc3)cc21. The summed E-state index contributed by atoms with van der Waals surface area (Å²) in [7, 11) is 0. The maximum atomic E-state index is 6.15. The van der Waals surface area contributed by atoms with Crippen LogP contribution in [0.15, 0.2) is 253 Å². The number of hydrogen-bond acceptors (Lipinski definition) is 2. The Morgan fingerprint density at radius 2 is 0.739 bits per heavy atom. The van der Waals surface area contributed by atoms with Crippen molar-refractivity contribution >= 4 is 49.8 Å². The van der Waals surface area contributed by atoms with Crippen LogP contribution in [0.4, 0.5) is 17.1 Å². The Labute approximate surface area is 403 Å². The van der Waals surface area contributed by atoms with Crippen LogP contribution in [-0.2, 0) is 5.41 Å². The lowest BCUT2D eigenvalue weighted by Gasteiger charge is -2.28. The van der Waals surface area contributed by atoms with Gasteiger partial charge >= 0.3 is 0 Å². The minimum atomic E-state index is -0.209. The van der Waals surface area contributed by atoms with Crippen LogP contribution in [0.3, 0.4) is 0 Å². The van der Waals surface area contributed by atoms with E-state index in [1.807, 2.05) is 12.1 Å². The number of anilines is 3. The zero-order valence-corrected chi connectivity index (χ0v) is 38.5. The van der Waals surface area contributed by atoms with Gasteiger partial charge in [0.05, 0.1) is 0 Å². The van der Waals surface area contributed by atoms with E-state index >= 15 is 0 Å². The number of fused-ring (bicyclic) bond motifs is 7. The van der Waals surface area contributed by atoms with Gasteiger partial charge in [-0.15, -0.1) is 0 Å². The van der Waals surface area contributed by atoms with E-state index in [0.29, 0.717) is 0 Å². The minimum Gasteiger partial charge on any atom is -0.456 e. The highest BCUT2D eigenvalue weighted by Crippen LogP contribution is 2.52. The highest BCUT2D eigenvalue weighted by molar-refractivity contribution is 6.06. The monoisotopic (exact) mass is 881 g/mol. The molecule has 0 N–H and O–H groups in total. The smallest absolute Gasteiger partial charge is 0.135 e. The maximum absolute atomic E-state index is 6.15. The molecule has 0 bridgehead atoms. The zero-order chi connectivity index (χ0) is 46.1. The second-order valence-electron chi connectivity index (χ2n) is 18.9. The number of benzene rings is 11. The molecule has 0 atom stereocenters. The van der Waals surface area contributed by atoms with E-state index < -0.39 is 0 Å². The summed E-state index contributed by atoms with van der Waals surface area (Å²) in [4.78, 5) is 2.41. The van der Waals surface area contributed by atoms with Gasteiger partial charge in [-0.2, -0.15) is 0 Å². The van der Waals surface area contributed by atoms with E-state index in [4.69, 9.17) is 4.42 Å². The Morgan fingerprint density at radius 1 is 0.290 bits per heavy atom. The van der Waals surface area contributed by atoms with Crippen molar-refractivity contribution in [3.8, 4) is 66.8 Å². The molecule has 12 aromatic rings. The normalized spacial score (nSPS) is 12.6. The molecular formula is C67H47NO. The first-order valence-corrected chi connectivity index (χ1v) is 23.9. The molecule has 0 aliphatic heterocycles. The Bertz CT molecular complexity index is 3900. The van der Waals surface area contributed by atoms with Gasteiger partial charge in [0, 0.05) is 33.2 Å². The molecule has 2 nitrogen and oxygen atoms in total. The van der Waals surface area contributed by atoms with Crippen molar-refractivity contribution in [2.45, 2.75) is 19.3 Å². The molecule has 1 heterocycles. The van der Waals surface area contributed by atoms with E-state index in [9.17, 15) is 0 Å². The Kier molecular flexibility index (Phi) is 9.55. The molecule has 0 unspecified atom stereocenters. The van der Waals surface area contributed by atoms with Crippen LogP contribution >= 0.6 is 0 Å². The van der Waals surface area contributed by atoms with Crippen LogP contribution in [0.2, 0.25) is 0 Å². The van der Waals surface area contributed by atoms with Crippen molar-refractivity contribution in [2.24, 2.45) is 0 Å². The molecule has 0 amide bonds. The minimum absolute atomic E-state index is 0.209. The maximum Gasteiger partial charge on any atom is 0.135 e. The first-order valence-electron chi connectivity index (χ1n) is 23.9. The lowest BCUT2D eigenvalue weighted by Crippen LogP contribution is -2.16. The Hall–Kier alpha value is -8.72. The van der Waals surface area contributed by atoms with Crippen LogP contribution in [0.1, 0.15) is 25.0 Å². The predicted octanol–water partition coefficient (Wildman–Crippen LogP) is 18.9. The number of hydrogen-bond donors (Lipinski definition) is 0. The van der Waals surface area contributed by atoms with Crippen molar-refractivity contribution in [1.29, 1.82) is 0 Å². The fourth-order valence-electron chi connectivity index (χ4n) is 10.7. The molecule has 326 valence electrons. The molecule has 1 aromatic heterocycles. The topological polar surface area (TPSA) is 16.4 Å². The van der Waals surface area contributed by atoms with E-state index in [0.717, 1.165) is 44.6 Å². The standard InChI is InChI=1S/C67H47NO/c1-67(2)63-42-55(53-24-23-45-13-6-7-14-50(45)40-53)29-36-59(63)60-37-35-58(43-64(60)67)68(56-31-25-48(26-32-56)47-21-19-46(20-22-47)44-11-4-3-5-12-44)57-33-27-49(28-34-57)51-15-10-16-52(39-51)54-30-38-66-62(41-54)61-17-8-9-18-65(61)69-66/h3-43H,1-2H3. The van der Waals surface area contributed by atoms with Crippen molar-refractivity contribution in [3.63, 3.8) is 0 Å². The molecule has 0 saturated carbocycles. The van der Waals surface area contributed by atoms with Crippen LogP contribution in [0, 0.1) is 0 Å². The summed E-state index contributed by atoms with van der Waals surface area (Å²) in [6, 6.07) is 90.8. The van der Waals surface area contributed by atoms with Gasteiger partial charge in [-0.05, 0) is 161 Å². The van der Waals surface area contributed by atoms with Gasteiger partial charge in [-0.25, -0.2) is 0 Å². The lowest BCUT2D eigenvalue weighted by atomic mass is 9.81. The van der Waals surface area contributed by atoms with Crippen molar-refractivity contribution in [1.82, 2.24) is 0 Å². The van der Waals surface area contributed by atoms with Crippen molar-refractivity contribution in [2.75, 3.05) is 4.90 Å². The van der Waals surface area contributed by atoms with Gasteiger partial charge in [-0.3, -0.25) is 0 Å². The molecule has 11 aromatic carbocycles. The lowest BCUT2D eigenvalue weighted by molar-refractivity contribution is 0.660. The third-order valence-corrected chi connectivity index (χ3v) is 14.5. The molecule has 0 saturated heterocycles. The predicted molar refractivity (Wildman–Crippen MR) is 291 cm³/mol. The summed E-state index contributed by atoms with van der Waals surface area (Å²) in [5, 5.41) is 4.80. The van der Waals surface area contributed by atoms with Crippen LogP contribution in [0.25, 0.3) is 99.5 Å². The van der Waals surface area contributed by atoms with Crippen LogP contribution in [-0.4, -0.2) is 0 Å². The number of para-hydroxylation sites is 1. The van der Waals surface area contributed by atoms with Gasteiger partial charge < -0.3 is 9.32 Å². The molecule has 0 fully saturated rings. The molecule has 2 heteroatoms. The molecule has 1 aliphatic rings. The summed E-state index contributed by atoms with van der Waals surface area (Å²) < 4.78 is 6.15. The second-order valence-corrected chi connectivity index (χ2v) is 18.9. The van der Waals surface area contributed by atoms with Crippen LogP contribution < -0.4 is 4.90 Å². The summed E-state index contributed by atoms with van der Waals surface area (Å²) in [5.41, 5.74) is 22.2. The van der Waals surface area contributed by atoms with Gasteiger partial charge in [-0.1, -0.05) is 190 Å². The molecular weight excluding hydrogens is 835 g/mol. The molecule has 1 aliphatic carbocycles. The van der Waals surface area contributed by atoms with Gasteiger partial charge in [0.15, 0.2) is 0 Å². The Balaban J connectivity index is 0.859.